The Morgan fingerprint density at radius 2 is 1.91 bits per heavy atom. The highest BCUT2D eigenvalue weighted by Crippen LogP contribution is 2.40. The van der Waals surface area contributed by atoms with Crippen LogP contribution in [0.2, 0.25) is 0 Å². The van der Waals surface area contributed by atoms with Gasteiger partial charge in [0.25, 0.3) is 5.69 Å². The van der Waals surface area contributed by atoms with Crippen LogP contribution in [0.4, 0.5) is 5.69 Å². The van der Waals surface area contributed by atoms with Crippen LogP contribution in [0.3, 0.4) is 0 Å². The van der Waals surface area contributed by atoms with Crippen LogP contribution < -0.4 is 4.74 Å². The van der Waals surface area contributed by atoms with Crippen LogP contribution in [0.25, 0.3) is 22.2 Å². The average Bonchev–Trinajstić information content (AvgIpc) is 2.55. The maximum absolute atomic E-state index is 11.2. The quantitative estimate of drug-likeness (QED) is 0.590. The van der Waals surface area contributed by atoms with Gasteiger partial charge in [-0.1, -0.05) is 30.3 Å². The summed E-state index contributed by atoms with van der Waals surface area (Å²) < 4.78 is 5.00. The fraction of sp³-hybridized carbons (Fsp3) is 0.0625. The Hall–Kier alpha value is -3.15. The predicted octanol–water partition coefficient (Wildman–Crippen LogP) is 3.52. The summed E-state index contributed by atoms with van der Waals surface area (Å²) in [6.07, 6.45) is 0. The number of nitro benzene ring substituents is 1. The Bertz CT molecular complexity index is 863. The number of nitrogens with zero attached hydrogens (tertiary/aromatic N) is 2. The summed E-state index contributed by atoms with van der Waals surface area (Å²) in [6, 6.07) is 13.8. The van der Waals surface area contributed by atoms with Crippen molar-refractivity contribution in [2.24, 2.45) is 0 Å². The molecule has 22 heavy (non-hydrogen) atoms. The maximum atomic E-state index is 11.2. The molecule has 1 aromatic heterocycles. The highest BCUT2D eigenvalue weighted by Gasteiger charge is 2.20. The Morgan fingerprint density at radius 1 is 1.18 bits per heavy atom. The molecule has 0 aliphatic heterocycles. The largest absolute Gasteiger partial charge is 0.503 e. The molecule has 0 radical (unpaired) electrons. The number of non-ortho nitro benzene ring substituents is 1. The Kier molecular flexibility index (Phi) is 3.34. The molecule has 6 nitrogen and oxygen atoms in total. The van der Waals surface area contributed by atoms with E-state index in [0.717, 1.165) is 5.56 Å². The van der Waals surface area contributed by atoms with E-state index in [2.05, 4.69) is 4.98 Å². The van der Waals surface area contributed by atoms with Crippen molar-refractivity contribution in [3.8, 4) is 22.8 Å². The molecule has 0 unspecified atom stereocenters. The van der Waals surface area contributed by atoms with Gasteiger partial charge in [-0.2, -0.15) is 0 Å². The summed E-state index contributed by atoms with van der Waals surface area (Å²) in [5.74, 6) is -0.183. The molecule has 0 bridgehead atoms. The smallest absolute Gasteiger partial charge is 0.282 e. The molecule has 110 valence electrons. The van der Waals surface area contributed by atoms with Crippen LogP contribution in [0.15, 0.2) is 48.5 Å². The van der Waals surface area contributed by atoms with Crippen molar-refractivity contribution >= 4 is 16.6 Å². The number of ether oxygens (including phenoxy) is 1. The number of phenols is 1. The normalized spacial score (nSPS) is 10.6. The van der Waals surface area contributed by atoms with E-state index in [4.69, 9.17) is 4.74 Å². The van der Waals surface area contributed by atoms with Gasteiger partial charge in [-0.3, -0.25) is 10.1 Å². The van der Waals surface area contributed by atoms with Gasteiger partial charge in [-0.15, -0.1) is 0 Å². The minimum Gasteiger partial charge on any atom is -0.503 e. The van der Waals surface area contributed by atoms with Gasteiger partial charge < -0.3 is 9.84 Å². The third-order valence-corrected chi connectivity index (χ3v) is 3.38. The third-order valence-electron chi connectivity index (χ3n) is 3.38. The first-order valence-corrected chi connectivity index (χ1v) is 6.52. The first-order chi connectivity index (χ1) is 10.6. The van der Waals surface area contributed by atoms with Crippen molar-refractivity contribution in [1.29, 1.82) is 0 Å². The number of aromatic hydroxyl groups is 1. The molecule has 6 heteroatoms. The molecule has 0 aliphatic rings. The Balaban J connectivity index is 2.31. The van der Waals surface area contributed by atoms with Crippen molar-refractivity contribution in [2.45, 2.75) is 0 Å². The van der Waals surface area contributed by atoms with E-state index in [1.807, 2.05) is 30.3 Å². The molecule has 1 N–H and O–H groups in total. The predicted molar refractivity (Wildman–Crippen MR) is 82.1 cm³/mol. The fourth-order valence-corrected chi connectivity index (χ4v) is 2.31. The molecule has 0 atom stereocenters. The summed E-state index contributed by atoms with van der Waals surface area (Å²) in [5, 5.41) is 21.7. The summed E-state index contributed by atoms with van der Waals surface area (Å²) in [6.45, 7) is 0. The van der Waals surface area contributed by atoms with Crippen molar-refractivity contribution in [3.05, 3.63) is 58.6 Å². The number of fused-ring (bicyclic) bond motifs is 1. The molecule has 0 saturated heterocycles. The maximum Gasteiger partial charge on any atom is 0.282 e. The summed E-state index contributed by atoms with van der Waals surface area (Å²) >= 11 is 0. The summed E-state index contributed by atoms with van der Waals surface area (Å²) in [7, 11) is 1.34. The topological polar surface area (TPSA) is 85.5 Å². The lowest BCUT2D eigenvalue weighted by Crippen LogP contribution is -1.95. The lowest BCUT2D eigenvalue weighted by molar-refractivity contribution is -0.383. The summed E-state index contributed by atoms with van der Waals surface area (Å²) in [5.41, 5.74) is 1.46. The molecule has 0 spiro atoms. The number of phenolic OH excluding ortho intramolecular Hbond substituents is 1. The fourth-order valence-electron chi connectivity index (χ4n) is 2.31. The van der Waals surface area contributed by atoms with Crippen LogP contribution in [0.5, 0.6) is 11.5 Å². The van der Waals surface area contributed by atoms with E-state index in [0.29, 0.717) is 5.69 Å². The second-order valence-corrected chi connectivity index (χ2v) is 4.66. The molecule has 0 fully saturated rings. The van der Waals surface area contributed by atoms with E-state index in [1.54, 1.807) is 12.1 Å². The number of hydrogen-bond donors (Lipinski definition) is 1. The van der Waals surface area contributed by atoms with Crippen LogP contribution in [-0.4, -0.2) is 22.1 Å². The lowest BCUT2D eigenvalue weighted by Gasteiger charge is -2.09. The summed E-state index contributed by atoms with van der Waals surface area (Å²) in [4.78, 5) is 15.0. The second kappa shape index (κ2) is 5.33. The van der Waals surface area contributed by atoms with E-state index >= 15 is 0 Å². The van der Waals surface area contributed by atoms with Gasteiger partial charge in [0.15, 0.2) is 11.5 Å². The van der Waals surface area contributed by atoms with Crippen molar-refractivity contribution in [2.75, 3.05) is 7.11 Å². The van der Waals surface area contributed by atoms with Crippen LogP contribution in [-0.2, 0) is 0 Å². The molecular weight excluding hydrogens is 284 g/mol. The minimum atomic E-state index is -0.520. The highest BCUT2D eigenvalue weighted by atomic mass is 16.6. The highest BCUT2D eigenvalue weighted by molar-refractivity contribution is 5.95. The first kappa shape index (κ1) is 13.8. The van der Waals surface area contributed by atoms with E-state index in [1.165, 1.54) is 13.2 Å². The van der Waals surface area contributed by atoms with Gasteiger partial charge in [0.05, 0.1) is 29.2 Å². The van der Waals surface area contributed by atoms with Gasteiger partial charge in [0.1, 0.15) is 5.52 Å². The molecule has 3 rings (SSSR count). The number of nitro groups is 1. The number of hydrogen-bond acceptors (Lipinski definition) is 5. The molecule has 1 heterocycles. The minimum absolute atomic E-state index is 0.0249. The third kappa shape index (κ3) is 2.20. The number of aromatic nitrogens is 1. The monoisotopic (exact) mass is 296 g/mol. The average molecular weight is 296 g/mol. The molecule has 2 aromatic carbocycles. The Labute approximate surface area is 125 Å². The van der Waals surface area contributed by atoms with Gasteiger partial charge in [-0.05, 0) is 12.1 Å². The molecule has 0 amide bonds. The number of methoxy groups -OCH3 is 1. The van der Waals surface area contributed by atoms with E-state index in [9.17, 15) is 15.2 Å². The number of rotatable bonds is 3. The lowest BCUT2D eigenvalue weighted by atomic mass is 10.1. The standard InChI is InChI=1S/C16H12N2O4/c1-22-14-9-13(18(20)21)11-7-8-12(17-15(11)16(14)19)10-5-3-2-4-6-10/h2-9,19H,1H3. The van der Waals surface area contributed by atoms with Gasteiger partial charge in [0.2, 0.25) is 0 Å². The van der Waals surface area contributed by atoms with Crippen LogP contribution >= 0.6 is 0 Å². The van der Waals surface area contributed by atoms with E-state index < -0.39 is 4.92 Å². The van der Waals surface area contributed by atoms with Gasteiger partial charge in [0, 0.05) is 5.56 Å². The zero-order valence-electron chi connectivity index (χ0n) is 11.7. The first-order valence-electron chi connectivity index (χ1n) is 6.52. The van der Waals surface area contributed by atoms with E-state index in [-0.39, 0.29) is 28.1 Å². The molecular formula is C16H12N2O4. The number of pyridine rings is 1. The van der Waals surface area contributed by atoms with Crippen molar-refractivity contribution in [3.63, 3.8) is 0 Å². The number of benzene rings is 2. The van der Waals surface area contributed by atoms with Gasteiger partial charge in [-0.25, -0.2) is 4.98 Å². The van der Waals surface area contributed by atoms with Gasteiger partial charge >= 0.3 is 0 Å². The van der Waals surface area contributed by atoms with Crippen LogP contribution in [0, 0.1) is 10.1 Å². The SMILES string of the molecule is COc1cc([N+](=O)[O-])c2ccc(-c3ccccc3)nc2c1O. The second-order valence-electron chi connectivity index (χ2n) is 4.66. The molecule has 0 saturated carbocycles. The van der Waals surface area contributed by atoms with Crippen molar-refractivity contribution in [1.82, 2.24) is 4.98 Å². The van der Waals surface area contributed by atoms with Crippen LogP contribution in [0.1, 0.15) is 0 Å². The zero-order chi connectivity index (χ0) is 15.7. The Morgan fingerprint density at radius 3 is 2.55 bits per heavy atom. The van der Waals surface area contributed by atoms with Crippen molar-refractivity contribution < 1.29 is 14.8 Å². The molecule has 3 aromatic rings. The zero-order valence-corrected chi connectivity index (χ0v) is 11.7. The molecule has 0 aliphatic carbocycles.